The molecule has 0 aliphatic carbocycles. The molecule has 0 aromatic heterocycles. The molecule has 0 atom stereocenters. The van der Waals surface area contributed by atoms with E-state index in [0.717, 1.165) is 6.42 Å². The van der Waals surface area contributed by atoms with Gasteiger partial charge in [-0.1, -0.05) is 52.0 Å². The summed E-state index contributed by atoms with van der Waals surface area (Å²) in [5, 5.41) is 0. The van der Waals surface area contributed by atoms with Gasteiger partial charge in [-0.25, -0.2) is 0 Å². The van der Waals surface area contributed by atoms with E-state index in [2.05, 4.69) is 13.5 Å². The molecule has 0 spiro atoms. The van der Waals surface area contributed by atoms with Crippen LogP contribution in [0.3, 0.4) is 0 Å². The van der Waals surface area contributed by atoms with Crippen LogP contribution in [0.1, 0.15) is 58.3 Å². The third kappa shape index (κ3) is 8.22. The molecular weight excluding hydrogens is 186 g/mol. The standard InChI is InChI=1S/C13H25NO/c1-4-6-7-8-9-10-11-12-13(15)14(3)5-2/h5H,2,4,6-12H2,1,3H3. The van der Waals surface area contributed by atoms with Crippen molar-refractivity contribution < 1.29 is 4.79 Å². The summed E-state index contributed by atoms with van der Waals surface area (Å²) in [7, 11) is 1.76. The summed E-state index contributed by atoms with van der Waals surface area (Å²) in [6.07, 6.45) is 11.0. The minimum atomic E-state index is 0.179. The Balaban J connectivity index is 3.23. The molecule has 0 aliphatic rings. The van der Waals surface area contributed by atoms with Crippen LogP contribution in [0.5, 0.6) is 0 Å². The van der Waals surface area contributed by atoms with Crippen molar-refractivity contribution >= 4 is 5.91 Å². The number of hydrogen-bond donors (Lipinski definition) is 0. The zero-order valence-corrected chi connectivity index (χ0v) is 10.3. The van der Waals surface area contributed by atoms with Gasteiger partial charge in [0.15, 0.2) is 0 Å². The minimum absolute atomic E-state index is 0.179. The summed E-state index contributed by atoms with van der Waals surface area (Å²) >= 11 is 0. The molecule has 1 amide bonds. The SMILES string of the molecule is C=CN(C)C(=O)CCCCCCCCC. The van der Waals surface area contributed by atoms with Crippen LogP contribution >= 0.6 is 0 Å². The van der Waals surface area contributed by atoms with Crippen LogP contribution in [0.2, 0.25) is 0 Å². The molecule has 0 N–H and O–H groups in total. The Morgan fingerprint density at radius 3 is 2.20 bits per heavy atom. The van der Waals surface area contributed by atoms with E-state index in [-0.39, 0.29) is 5.91 Å². The largest absolute Gasteiger partial charge is 0.323 e. The molecule has 0 rings (SSSR count). The molecule has 2 nitrogen and oxygen atoms in total. The number of nitrogens with zero attached hydrogens (tertiary/aromatic N) is 1. The van der Waals surface area contributed by atoms with Crippen LogP contribution in [0.4, 0.5) is 0 Å². The Morgan fingerprint density at radius 2 is 1.67 bits per heavy atom. The first kappa shape index (κ1) is 14.2. The molecule has 0 fully saturated rings. The average molecular weight is 211 g/mol. The fourth-order valence-electron chi connectivity index (χ4n) is 1.51. The predicted molar refractivity (Wildman–Crippen MR) is 65.6 cm³/mol. The lowest BCUT2D eigenvalue weighted by Crippen LogP contribution is -2.19. The van der Waals surface area contributed by atoms with Crippen molar-refractivity contribution in [2.24, 2.45) is 0 Å². The van der Waals surface area contributed by atoms with Crippen molar-refractivity contribution in [1.82, 2.24) is 4.90 Å². The number of rotatable bonds is 9. The topological polar surface area (TPSA) is 20.3 Å². The predicted octanol–water partition coefficient (Wildman–Crippen LogP) is 3.73. The molecule has 0 aromatic carbocycles. The van der Waals surface area contributed by atoms with E-state index in [9.17, 15) is 4.79 Å². The number of carbonyl (C=O) groups excluding carboxylic acids is 1. The van der Waals surface area contributed by atoms with Crippen LogP contribution in [-0.4, -0.2) is 17.9 Å². The zero-order valence-electron chi connectivity index (χ0n) is 10.3. The summed E-state index contributed by atoms with van der Waals surface area (Å²) in [6.45, 7) is 5.79. The number of carbonyl (C=O) groups is 1. The quantitative estimate of drug-likeness (QED) is 0.532. The van der Waals surface area contributed by atoms with Gasteiger partial charge in [0.1, 0.15) is 0 Å². The number of unbranched alkanes of at least 4 members (excludes halogenated alkanes) is 6. The first-order chi connectivity index (χ1) is 7.22. The molecule has 2 heteroatoms. The summed E-state index contributed by atoms with van der Waals surface area (Å²) in [5.41, 5.74) is 0. The summed E-state index contributed by atoms with van der Waals surface area (Å²) < 4.78 is 0. The van der Waals surface area contributed by atoms with Gasteiger partial charge in [-0.3, -0.25) is 4.79 Å². The molecule has 0 bridgehead atoms. The van der Waals surface area contributed by atoms with E-state index in [1.165, 1.54) is 38.5 Å². The second-order valence-corrected chi connectivity index (χ2v) is 4.06. The Morgan fingerprint density at radius 1 is 1.13 bits per heavy atom. The Labute approximate surface area is 94.4 Å². The van der Waals surface area contributed by atoms with Crippen molar-refractivity contribution in [2.75, 3.05) is 7.05 Å². The summed E-state index contributed by atoms with van der Waals surface area (Å²) in [6, 6.07) is 0. The number of amides is 1. The lowest BCUT2D eigenvalue weighted by Gasteiger charge is -2.10. The fraction of sp³-hybridized carbons (Fsp3) is 0.769. The highest BCUT2D eigenvalue weighted by molar-refractivity contribution is 5.76. The molecular formula is C13H25NO. The molecule has 0 radical (unpaired) electrons. The van der Waals surface area contributed by atoms with E-state index in [0.29, 0.717) is 6.42 Å². The van der Waals surface area contributed by atoms with Gasteiger partial charge in [-0.2, -0.15) is 0 Å². The van der Waals surface area contributed by atoms with Gasteiger partial charge >= 0.3 is 0 Å². The van der Waals surface area contributed by atoms with Gasteiger partial charge in [-0.15, -0.1) is 0 Å². The van der Waals surface area contributed by atoms with Crippen LogP contribution in [0.15, 0.2) is 12.8 Å². The zero-order chi connectivity index (χ0) is 11.5. The fourth-order valence-corrected chi connectivity index (χ4v) is 1.51. The van der Waals surface area contributed by atoms with Gasteiger partial charge in [0.25, 0.3) is 0 Å². The smallest absolute Gasteiger partial charge is 0.226 e. The molecule has 0 aromatic rings. The van der Waals surface area contributed by atoms with Crippen LogP contribution in [-0.2, 0) is 4.79 Å². The Kier molecular flexibility index (Phi) is 9.24. The molecule has 0 heterocycles. The maximum Gasteiger partial charge on any atom is 0.226 e. The van der Waals surface area contributed by atoms with E-state index in [4.69, 9.17) is 0 Å². The lowest BCUT2D eigenvalue weighted by atomic mass is 10.1. The van der Waals surface area contributed by atoms with E-state index in [1.807, 2.05) is 0 Å². The van der Waals surface area contributed by atoms with Crippen LogP contribution < -0.4 is 0 Å². The minimum Gasteiger partial charge on any atom is -0.323 e. The second kappa shape index (κ2) is 9.75. The Bertz CT molecular complexity index is 177. The molecule has 15 heavy (non-hydrogen) atoms. The normalized spacial score (nSPS) is 10.0. The van der Waals surface area contributed by atoms with Crippen LogP contribution in [0.25, 0.3) is 0 Å². The Hall–Kier alpha value is -0.790. The highest BCUT2D eigenvalue weighted by Crippen LogP contribution is 2.09. The summed E-state index contributed by atoms with van der Waals surface area (Å²) in [4.78, 5) is 12.9. The molecule has 0 saturated heterocycles. The van der Waals surface area contributed by atoms with E-state index in [1.54, 1.807) is 18.1 Å². The molecule has 0 saturated carbocycles. The first-order valence-corrected chi connectivity index (χ1v) is 6.10. The lowest BCUT2D eigenvalue weighted by molar-refractivity contribution is -0.127. The van der Waals surface area contributed by atoms with Gasteiger partial charge in [0, 0.05) is 13.5 Å². The van der Waals surface area contributed by atoms with Gasteiger partial charge in [-0.05, 0) is 12.6 Å². The third-order valence-corrected chi connectivity index (χ3v) is 2.66. The van der Waals surface area contributed by atoms with E-state index >= 15 is 0 Å². The highest BCUT2D eigenvalue weighted by Gasteiger charge is 2.03. The maximum absolute atomic E-state index is 11.4. The van der Waals surface area contributed by atoms with Crippen molar-refractivity contribution in [1.29, 1.82) is 0 Å². The monoisotopic (exact) mass is 211 g/mol. The average Bonchev–Trinajstić information content (AvgIpc) is 2.26. The maximum atomic E-state index is 11.4. The highest BCUT2D eigenvalue weighted by atomic mass is 16.2. The van der Waals surface area contributed by atoms with E-state index < -0.39 is 0 Å². The first-order valence-electron chi connectivity index (χ1n) is 6.10. The molecule has 0 aliphatic heterocycles. The second-order valence-electron chi connectivity index (χ2n) is 4.06. The van der Waals surface area contributed by atoms with Gasteiger partial charge in [0.2, 0.25) is 5.91 Å². The van der Waals surface area contributed by atoms with Crippen molar-refractivity contribution in [3.8, 4) is 0 Å². The molecule has 0 unspecified atom stereocenters. The van der Waals surface area contributed by atoms with Crippen molar-refractivity contribution in [3.63, 3.8) is 0 Å². The van der Waals surface area contributed by atoms with Crippen LogP contribution in [0, 0.1) is 0 Å². The number of hydrogen-bond acceptors (Lipinski definition) is 1. The van der Waals surface area contributed by atoms with Gasteiger partial charge in [0.05, 0.1) is 0 Å². The third-order valence-electron chi connectivity index (χ3n) is 2.66. The van der Waals surface area contributed by atoms with Crippen molar-refractivity contribution in [3.05, 3.63) is 12.8 Å². The summed E-state index contributed by atoms with van der Waals surface area (Å²) in [5.74, 6) is 0.179. The van der Waals surface area contributed by atoms with Crippen molar-refractivity contribution in [2.45, 2.75) is 58.3 Å². The van der Waals surface area contributed by atoms with Gasteiger partial charge < -0.3 is 4.90 Å². The molecule has 88 valence electrons.